The molecule has 3 unspecified atom stereocenters. The van der Waals surface area contributed by atoms with E-state index in [0.717, 1.165) is 60.5 Å². The van der Waals surface area contributed by atoms with Crippen molar-refractivity contribution in [1.29, 1.82) is 0 Å². The molecule has 1 aliphatic carbocycles. The van der Waals surface area contributed by atoms with Crippen LogP contribution in [0.3, 0.4) is 0 Å². The van der Waals surface area contributed by atoms with Crippen LogP contribution in [0.5, 0.6) is 0 Å². The van der Waals surface area contributed by atoms with Gasteiger partial charge in [-0.3, -0.25) is 4.90 Å². The summed E-state index contributed by atoms with van der Waals surface area (Å²) < 4.78 is 48.1. The standard InChI is InChI=1S/C51H63N3O6S2/c1-49(2,3)60-48(55)52(8)47-37(25-29-43-50(4,5)45-39-19-11-9-17-35(39)23-27-41(45)53(43)31-13-15-33-61(56)57)21-22-38(47)26-30-44-51(6,7)46-40-20-12-10-18-36(40)24-28-42(46)54(44)32-14-16-34-62(58)59/h9-12,17-20,23-30,43H,13-16,21-22,31-34H2,1-8H3,(H,56,57)(H,58,59)/b29-25+,38-26+,44-30+. The van der Waals surface area contributed by atoms with Gasteiger partial charge in [0.1, 0.15) is 5.60 Å². The molecule has 0 aromatic heterocycles. The number of hydrogen-bond donors (Lipinski definition) is 2. The summed E-state index contributed by atoms with van der Waals surface area (Å²) in [4.78, 5) is 20.4. The summed E-state index contributed by atoms with van der Waals surface area (Å²) >= 11 is -3.66. The lowest BCUT2D eigenvalue weighted by Gasteiger charge is -2.33. The Hall–Kier alpha value is -4.55. The van der Waals surface area contributed by atoms with Crippen LogP contribution in [0.15, 0.2) is 120 Å². The molecule has 3 aliphatic rings. The predicted octanol–water partition coefficient (Wildman–Crippen LogP) is 11.5. The summed E-state index contributed by atoms with van der Waals surface area (Å²) in [7, 11) is 1.81. The van der Waals surface area contributed by atoms with Crippen molar-refractivity contribution in [2.45, 2.75) is 109 Å². The van der Waals surface area contributed by atoms with Gasteiger partial charge in [-0.05, 0) is 121 Å². The molecule has 11 heteroatoms. The molecule has 62 heavy (non-hydrogen) atoms. The first-order valence-electron chi connectivity index (χ1n) is 21.9. The van der Waals surface area contributed by atoms with Gasteiger partial charge in [0.15, 0.2) is 22.2 Å². The first-order valence-corrected chi connectivity index (χ1v) is 24.5. The fourth-order valence-electron chi connectivity index (χ4n) is 10.0. The van der Waals surface area contributed by atoms with Crippen molar-refractivity contribution in [3.8, 4) is 0 Å². The van der Waals surface area contributed by atoms with Crippen LogP contribution in [-0.2, 0) is 37.7 Å². The Morgan fingerprint density at radius 2 is 1.37 bits per heavy atom. The fourth-order valence-corrected chi connectivity index (χ4v) is 10.9. The SMILES string of the molecule is CN(C(=O)OC(C)(C)C)C1=C(/C=C/C2N(CCCCS(=O)O)c3ccc4ccccc4c3C2(C)C)CC/C1=C\C=C1\N(CCCCS(=O)O)c2ccc3ccccc3c2C1(C)C. The lowest BCUT2D eigenvalue weighted by Crippen LogP contribution is -2.40. The minimum absolute atomic E-state index is 0.0110. The predicted molar refractivity (Wildman–Crippen MR) is 258 cm³/mol. The van der Waals surface area contributed by atoms with E-state index in [1.54, 1.807) is 11.9 Å². The number of nitrogens with zero attached hydrogens (tertiary/aromatic N) is 3. The average molecular weight is 878 g/mol. The van der Waals surface area contributed by atoms with E-state index in [4.69, 9.17) is 4.74 Å². The highest BCUT2D eigenvalue weighted by molar-refractivity contribution is 7.79. The van der Waals surface area contributed by atoms with Gasteiger partial charge in [-0.25, -0.2) is 13.2 Å². The molecule has 1 amide bonds. The van der Waals surface area contributed by atoms with Crippen LogP contribution in [0, 0.1) is 0 Å². The summed E-state index contributed by atoms with van der Waals surface area (Å²) in [5.41, 5.74) is 7.71. The Morgan fingerprint density at radius 3 is 1.98 bits per heavy atom. The van der Waals surface area contributed by atoms with Crippen molar-refractivity contribution in [3.05, 3.63) is 131 Å². The van der Waals surface area contributed by atoms with E-state index in [0.29, 0.717) is 19.4 Å². The molecule has 4 aromatic rings. The topological polar surface area (TPSA) is 111 Å². The van der Waals surface area contributed by atoms with E-state index in [9.17, 15) is 22.3 Å². The maximum Gasteiger partial charge on any atom is 0.414 e. The van der Waals surface area contributed by atoms with E-state index in [2.05, 4.69) is 135 Å². The van der Waals surface area contributed by atoms with E-state index in [1.807, 2.05) is 20.8 Å². The van der Waals surface area contributed by atoms with E-state index in [-0.39, 0.29) is 28.4 Å². The highest BCUT2D eigenvalue weighted by Gasteiger charge is 2.45. The van der Waals surface area contributed by atoms with Crippen molar-refractivity contribution in [2.24, 2.45) is 0 Å². The number of hydrogen-bond acceptors (Lipinski definition) is 6. The quantitative estimate of drug-likeness (QED) is 0.0952. The van der Waals surface area contributed by atoms with Gasteiger partial charge in [-0.15, -0.1) is 0 Å². The van der Waals surface area contributed by atoms with Crippen molar-refractivity contribution in [2.75, 3.05) is 41.4 Å². The van der Waals surface area contributed by atoms with Crippen LogP contribution >= 0.6 is 0 Å². The molecule has 3 atom stereocenters. The number of rotatable bonds is 14. The summed E-state index contributed by atoms with van der Waals surface area (Å²) in [6, 6.07) is 25.8. The van der Waals surface area contributed by atoms with Gasteiger partial charge in [-0.2, -0.15) is 0 Å². The minimum atomic E-state index is -1.83. The molecular weight excluding hydrogens is 815 g/mol. The number of ether oxygens (including phenoxy) is 1. The Balaban J connectivity index is 1.30. The van der Waals surface area contributed by atoms with Crippen LogP contribution in [0.1, 0.15) is 98.1 Å². The zero-order valence-electron chi connectivity index (χ0n) is 37.6. The third-order valence-corrected chi connectivity index (χ3v) is 14.1. The van der Waals surface area contributed by atoms with Gasteiger partial charge in [0.2, 0.25) is 0 Å². The lowest BCUT2D eigenvalue weighted by molar-refractivity contribution is 0.0356. The van der Waals surface area contributed by atoms with E-state index in [1.165, 1.54) is 38.4 Å². The van der Waals surface area contributed by atoms with Crippen molar-refractivity contribution >= 4 is 61.2 Å². The molecule has 4 aromatic carbocycles. The number of allylic oxidation sites excluding steroid dienone is 6. The van der Waals surface area contributed by atoms with E-state index < -0.39 is 33.9 Å². The highest BCUT2D eigenvalue weighted by atomic mass is 32.2. The third kappa shape index (κ3) is 9.23. The number of unbranched alkanes of at least 4 members (excludes halogenated alkanes) is 2. The number of carbonyl (C=O) groups is 1. The largest absolute Gasteiger partial charge is 0.443 e. The Morgan fingerprint density at radius 1 is 0.790 bits per heavy atom. The smallest absolute Gasteiger partial charge is 0.414 e. The van der Waals surface area contributed by atoms with Gasteiger partial charge in [0, 0.05) is 59.5 Å². The molecule has 7 rings (SSSR count). The first kappa shape index (κ1) is 45.5. The Bertz CT molecular complexity index is 2530. The molecule has 0 spiro atoms. The molecule has 330 valence electrons. The molecule has 0 saturated heterocycles. The minimum Gasteiger partial charge on any atom is -0.443 e. The molecule has 0 saturated carbocycles. The molecule has 9 nitrogen and oxygen atoms in total. The zero-order valence-corrected chi connectivity index (χ0v) is 39.2. The van der Waals surface area contributed by atoms with Crippen molar-refractivity contribution in [3.63, 3.8) is 0 Å². The number of likely N-dealkylation sites (N-methyl/N-ethyl adjacent to an activating group) is 1. The zero-order chi connectivity index (χ0) is 44.6. The maximum atomic E-state index is 13.9. The highest BCUT2D eigenvalue weighted by Crippen LogP contribution is 2.52. The van der Waals surface area contributed by atoms with Crippen LogP contribution in [0.4, 0.5) is 16.2 Å². The lowest BCUT2D eigenvalue weighted by atomic mass is 9.78. The molecule has 0 radical (unpaired) electrons. The first-order chi connectivity index (χ1) is 29.4. The number of amides is 1. The van der Waals surface area contributed by atoms with Gasteiger partial charge in [-0.1, -0.05) is 107 Å². The number of fused-ring (bicyclic) bond motifs is 6. The molecular formula is C51H63N3O6S2. The number of benzene rings is 4. The summed E-state index contributed by atoms with van der Waals surface area (Å²) in [5.74, 6) is 0.501. The van der Waals surface area contributed by atoms with Crippen molar-refractivity contribution in [1.82, 2.24) is 4.90 Å². The number of carbonyl (C=O) groups excluding carboxylic acids is 1. The van der Waals surface area contributed by atoms with Gasteiger partial charge >= 0.3 is 6.09 Å². The maximum absolute atomic E-state index is 13.9. The van der Waals surface area contributed by atoms with Crippen LogP contribution in [0.25, 0.3) is 21.5 Å². The Labute approximate surface area is 373 Å². The third-order valence-electron chi connectivity index (χ3n) is 12.8. The normalized spacial score (nSPS) is 20.5. The van der Waals surface area contributed by atoms with Gasteiger partial charge < -0.3 is 23.6 Å². The molecule has 2 aliphatic heterocycles. The average Bonchev–Trinajstić information content (AvgIpc) is 3.79. The Kier molecular flexibility index (Phi) is 13.4. The summed E-state index contributed by atoms with van der Waals surface area (Å²) in [5, 5.41) is 4.84. The van der Waals surface area contributed by atoms with Gasteiger partial charge in [0.05, 0.1) is 11.7 Å². The second-order valence-corrected chi connectivity index (χ2v) is 21.1. The van der Waals surface area contributed by atoms with Crippen LogP contribution in [-0.4, -0.2) is 71.8 Å². The molecule has 2 N–H and O–H groups in total. The fraction of sp³-hybridized carbons (Fsp3) is 0.431. The second kappa shape index (κ2) is 18.3. The number of anilines is 2. The monoisotopic (exact) mass is 877 g/mol. The molecule has 2 heterocycles. The summed E-state index contributed by atoms with van der Waals surface area (Å²) in [6.07, 6.45) is 12.9. The second-order valence-electron chi connectivity index (χ2n) is 19.0. The van der Waals surface area contributed by atoms with Crippen LogP contribution < -0.4 is 9.80 Å². The van der Waals surface area contributed by atoms with E-state index >= 15 is 0 Å². The van der Waals surface area contributed by atoms with Gasteiger partial charge in [0.25, 0.3) is 0 Å². The molecule has 0 bridgehead atoms. The van der Waals surface area contributed by atoms with Crippen molar-refractivity contribution < 1.29 is 27.1 Å². The molecule has 0 fully saturated rings. The summed E-state index contributed by atoms with van der Waals surface area (Å²) in [6.45, 7) is 16.3. The van der Waals surface area contributed by atoms with Crippen LogP contribution in [0.2, 0.25) is 0 Å².